The molecular formula is C21H42N2O4. The Morgan fingerprint density at radius 3 is 1.96 bits per heavy atom. The fourth-order valence-electron chi connectivity index (χ4n) is 3.16. The molecule has 4 N–H and O–H groups in total. The summed E-state index contributed by atoms with van der Waals surface area (Å²) in [5.41, 5.74) is 5.04. The Bertz CT molecular complexity index is 367. The SMILES string of the molecule is CCCCCCCCC(O)O.NC(=O)CCCCC(=O)N1CCCCCC1. The molecular weight excluding hydrogens is 344 g/mol. The number of primary amides is 1. The molecule has 0 aromatic carbocycles. The zero-order chi connectivity index (χ0) is 20.3. The Kier molecular flexibility index (Phi) is 17.5. The highest BCUT2D eigenvalue weighted by Gasteiger charge is 2.14. The molecule has 0 aromatic rings. The maximum atomic E-state index is 11.8. The van der Waals surface area contributed by atoms with E-state index >= 15 is 0 Å². The van der Waals surface area contributed by atoms with Crippen molar-refractivity contribution in [3.63, 3.8) is 0 Å². The summed E-state index contributed by atoms with van der Waals surface area (Å²) in [4.78, 5) is 24.3. The summed E-state index contributed by atoms with van der Waals surface area (Å²) in [7, 11) is 0. The summed E-state index contributed by atoms with van der Waals surface area (Å²) >= 11 is 0. The average molecular weight is 387 g/mol. The molecule has 0 atom stereocenters. The van der Waals surface area contributed by atoms with Crippen LogP contribution in [0, 0.1) is 0 Å². The molecule has 1 heterocycles. The highest BCUT2D eigenvalue weighted by molar-refractivity contribution is 5.76. The minimum absolute atomic E-state index is 0.242. The first-order chi connectivity index (χ1) is 13.0. The fourth-order valence-corrected chi connectivity index (χ4v) is 3.16. The van der Waals surface area contributed by atoms with E-state index in [0.717, 1.165) is 51.6 Å². The van der Waals surface area contributed by atoms with E-state index in [2.05, 4.69) is 6.92 Å². The van der Waals surface area contributed by atoms with Crippen molar-refractivity contribution in [3.8, 4) is 0 Å². The van der Waals surface area contributed by atoms with Gasteiger partial charge in [-0.25, -0.2) is 0 Å². The van der Waals surface area contributed by atoms with Gasteiger partial charge in [-0.15, -0.1) is 0 Å². The van der Waals surface area contributed by atoms with Gasteiger partial charge in [0.1, 0.15) is 0 Å². The molecule has 1 saturated heterocycles. The molecule has 0 saturated carbocycles. The maximum absolute atomic E-state index is 11.8. The van der Waals surface area contributed by atoms with Crippen molar-refractivity contribution >= 4 is 11.8 Å². The summed E-state index contributed by atoms with van der Waals surface area (Å²) in [6.45, 7) is 4.01. The number of carbonyl (C=O) groups is 2. The lowest BCUT2D eigenvalue weighted by Gasteiger charge is -2.20. The topological polar surface area (TPSA) is 104 Å². The van der Waals surface area contributed by atoms with Crippen LogP contribution in [0.1, 0.15) is 103 Å². The molecule has 27 heavy (non-hydrogen) atoms. The van der Waals surface area contributed by atoms with Crippen molar-refractivity contribution in [2.24, 2.45) is 5.73 Å². The second kappa shape index (κ2) is 18.2. The van der Waals surface area contributed by atoms with Crippen LogP contribution in [0.5, 0.6) is 0 Å². The molecule has 160 valence electrons. The Hall–Kier alpha value is -1.14. The predicted octanol–water partition coefficient (Wildman–Crippen LogP) is 3.48. The monoisotopic (exact) mass is 386 g/mol. The Labute approximate surface area is 165 Å². The van der Waals surface area contributed by atoms with Gasteiger partial charge >= 0.3 is 0 Å². The highest BCUT2D eigenvalue weighted by Crippen LogP contribution is 2.12. The van der Waals surface area contributed by atoms with Gasteiger partial charge in [0.05, 0.1) is 0 Å². The molecule has 2 amide bonds. The Morgan fingerprint density at radius 2 is 1.41 bits per heavy atom. The minimum atomic E-state index is -1.10. The summed E-state index contributed by atoms with van der Waals surface area (Å²) in [6.07, 6.45) is 13.8. The van der Waals surface area contributed by atoms with Crippen molar-refractivity contribution in [1.29, 1.82) is 0 Å². The second-order valence-corrected chi connectivity index (χ2v) is 7.51. The van der Waals surface area contributed by atoms with E-state index < -0.39 is 6.29 Å². The van der Waals surface area contributed by atoms with E-state index in [1.54, 1.807) is 0 Å². The highest BCUT2D eigenvalue weighted by atomic mass is 16.5. The number of unbranched alkanes of at least 4 members (excludes halogenated alkanes) is 6. The smallest absolute Gasteiger partial charge is 0.222 e. The molecule has 1 rings (SSSR count). The molecule has 1 aliphatic heterocycles. The first kappa shape index (κ1) is 25.9. The van der Waals surface area contributed by atoms with Crippen molar-refractivity contribution in [3.05, 3.63) is 0 Å². The van der Waals surface area contributed by atoms with Crippen LogP contribution >= 0.6 is 0 Å². The molecule has 0 unspecified atom stereocenters. The third kappa shape index (κ3) is 18.0. The normalized spacial score (nSPS) is 14.4. The molecule has 0 spiro atoms. The van der Waals surface area contributed by atoms with Gasteiger partial charge in [-0.2, -0.15) is 0 Å². The van der Waals surface area contributed by atoms with Crippen molar-refractivity contribution < 1.29 is 19.8 Å². The van der Waals surface area contributed by atoms with Gasteiger partial charge in [0, 0.05) is 25.9 Å². The molecule has 0 aliphatic carbocycles. The second-order valence-electron chi connectivity index (χ2n) is 7.51. The van der Waals surface area contributed by atoms with Crippen LogP contribution in [0.2, 0.25) is 0 Å². The van der Waals surface area contributed by atoms with E-state index in [9.17, 15) is 9.59 Å². The number of amides is 2. The number of aliphatic hydroxyl groups is 2. The van der Waals surface area contributed by atoms with Crippen LogP contribution in [0.4, 0.5) is 0 Å². The lowest BCUT2D eigenvalue weighted by molar-refractivity contribution is -0.131. The van der Waals surface area contributed by atoms with E-state index in [1.807, 2.05) is 4.90 Å². The molecule has 1 fully saturated rings. The predicted molar refractivity (Wildman–Crippen MR) is 109 cm³/mol. The average Bonchev–Trinajstić information content (AvgIpc) is 2.91. The first-order valence-corrected chi connectivity index (χ1v) is 10.9. The van der Waals surface area contributed by atoms with Crippen molar-refractivity contribution in [2.45, 2.75) is 110 Å². The van der Waals surface area contributed by atoms with Crippen LogP contribution in [0.15, 0.2) is 0 Å². The maximum Gasteiger partial charge on any atom is 0.222 e. The third-order valence-electron chi connectivity index (χ3n) is 4.84. The van der Waals surface area contributed by atoms with Crippen LogP contribution in [0.25, 0.3) is 0 Å². The van der Waals surface area contributed by atoms with E-state index in [1.165, 1.54) is 38.5 Å². The minimum Gasteiger partial charge on any atom is -0.370 e. The van der Waals surface area contributed by atoms with Gasteiger partial charge in [-0.3, -0.25) is 9.59 Å². The molecule has 0 radical (unpaired) electrons. The number of hydrogen-bond acceptors (Lipinski definition) is 4. The first-order valence-electron chi connectivity index (χ1n) is 10.9. The summed E-state index contributed by atoms with van der Waals surface area (Å²) in [6, 6.07) is 0. The van der Waals surface area contributed by atoms with Gasteiger partial charge in [0.2, 0.25) is 11.8 Å². The van der Waals surface area contributed by atoms with Crippen LogP contribution in [-0.2, 0) is 9.59 Å². The Balaban J connectivity index is 0.000000541. The zero-order valence-electron chi connectivity index (χ0n) is 17.3. The largest absolute Gasteiger partial charge is 0.370 e. The summed E-state index contributed by atoms with van der Waals surface area (Å²) in [5, 5.41) is 17.0. The lowest BCUT2D eigenvalue weighted by Crippen LogP contribution is -2.31. The molecule has 6 nitrogen and oxygen atoms in total. The van der Waals surface area contributed by atoms with Gasteiger partial charge in [0.15, 0.2) is 6.29 Å². The fraction of sp³-hybridized carbons (Fsp3) is 0.905. The standard InChI is InChI=1S/C12H22N2O2.C9H20O2/c13-11(15)7-3-4-8-12(16)14-9-5-1-2-6-10-14;1-2-3-4-5-6-7-8-9(10)11/h1-10H2,(H2,13,15);9-11H,2-8H2,1H3. The number of nitrogens with zero attached hydrogens (tertiary/aromatic N) is 1. The number of rotatable bonds is 12. The van der Waals surface area contributed by atoms with Gasteiger partial charge in [-0.05, 0) is 38.5 Å². The lowest BCUT2D eigenvalue weighted by atomic mass is 10.1. The quantitative estimate of drug-likeness (QED) is 0.353. The van der Waals surface area contributed by atoms with Crippen LogP contribution < -0.4 is 5.73 Å². The van der Waals surface area contributed by atoms with Gasteiger partial charge < -0.3 is 20.8 Å². The number of hydrogen-bond donors (Lipinski definition) is 3. The molecule has 0 bridgehead atoms. The number of likely N-dealkylation sites (tertiary alicyclic amines) is 1. The zero-order valence-corrected chi connectivity index (χ0v) is 17.3. The van der Waals surface area contributed by atoms with Crippen LogP contribution in [-0.4, -0.2) is 46.3 Å². The third-order valence-corrected chi connectivity index (χ3v) is 4.84. The van der Waals surface area contributed by atoms with Gasteiger partial charge in [-0.1, -0.05) is 51.9 Å². The number of aliphatic hydroxyl groups excluding tert-OH is 1. The number of nitrogens with two attached hydrogens (primary N) is 1. The molecule has 0 aromatic heterocycles. The molecule has 1 aliphatic rings. The van der Waals surface area contributed by atoms with E-state index in [-0.39, 0.29) is 11.8 Å². The summed E-state index contributed by atoms with van der Waals surface area (Å²) in [5.74, 6) is -0.0337. The van der Waals surface area contributed by atoms with Crippen molar-refractivity contribution in [2.75, 3.05) is 13.1 Å². The van der Waals surface area contributed by atoms with E-state index in [4.69, 9.17) is 15.9 Å². The summed E-state index contributed by atoms with van der Waals surface area (Å²) < 4.78 is 0. The number of carbonyl (C=O) groups excluding carboxylic acids is 2. The van der Waals surface area contributed by atoms with Crippen molar-refractivity contribution in [1.82, 2.24) is 4.90 Å². The van der Waals surface area contributed by atoms with E-state index in [0.29, 0.717) is 19.3 Å². The Morgan fingerprint density at radius 1 is 0.852 bits per heavy atom. The molecule has 6 heteroatoms. The van der Waals surface area contributed by atoms with Crippen LogP contribution in [0.3, 0.4) is 0 Å². The van der Waals surface area contributed by atoms with Gasteiger partial charge in [0.25, 0.3) is 0 Å².